The molecule has 3 aromatic rings. The molecule has 8 nitrogen and oxygen atoms in total. The Morgan fingerprint density at radius 3 is 2.39 bits per heavy atom. The van der Waals surface area contributed by atoms with Crippen LogP contribution in [0.25, 0.3) is 0 Å². The number of imide groups is 1. The highest BCUT2D eigenvalue weighted by atomic mass is 35.5. The molecule has 0 radical (unpaired) electrons. The largest absolute Gasteiger partial charge is 0.274 e. The van der Waals surface area contributed by atoms with Crippen LogP contribution in [0.3, 0.4) is 0 Å². The minimum absolute atomic E-state index is 0.0178. The highest BCUT2D eigenvalue weighted by Crippen LogP contribution is 2.31. The molecule has 0 bridgehead atoms. The first kappa shape index (κ1) is 21.8. The van der Waals surface area contributed by atoms with Gasteiger partial charge in [0.25, 0.3) is 10.0 Å². The van der Waals surface area contributed by atoms with Gasteiger partial charge in [-0.1, -0.05) is 52.9 Å². The Morgan fingerprint density at radius 2 is 1.71 bits per heavy atom. The van der Waals surface area contributed by atoms with Crippen LogP contribution in [0.4, 0.5) is 10.8 Å². The van der Waals surface area contributed by atoms with E-state index in [9.17, 15) is 18.0 Å². The number of hydrogen-bond acceptors (Lipinski definition) is 8. The predicted molar refractivity (Wildman–Crippen MR) is 120 cm³/mol. The lowest BCUT2D eigenvalue weighted by Gasteiger charge is -2.14. The molecule has 31 heavy (non-hydrogen) atoms. The number of carbonyl (C=O) groups excluding carboxylic acids is 2. The minimum atomic E-state index is -3.90. The summed E-state index contributed by atoms with van der Waals surface area (Å²) in [4.78, 5) is 24.7. The van der Waals surface area contributed by atoms with Crippen LogP contribution in [-0.4, -0.2) is 30.4 Å². The van der Waals surface area contributed by atoms with Gasteiger partial charge in [0.2, 0.25) is 16.9 Å². The van der Waals surface area contributed by atoms with Crippen molar-refractivity contribution in [3.8, 4) is 0 Å². The molecule has 0 spiro atoms. The number of benzene rings is 2. The van der Waals surface area contributed by atoms with Crippen molar-refractivity contribution in [1.82, 2.24) is 10.2 Å². The van der Waals surface area contributed by atoms with E-state index in [1.807, 2.05) is 18.2 Å². The van der Waals surface area contributed by atoms with E-state index >= 15 is 0 Å². The summed E-state index contributed by atoms with van der Waals surface area (Å²) in [6.07, 6.45) is 0.322. The molecule has 2 heterocycles. The number of rotatable bonds is 7. The van der Waals surface area contributed by atoms with Gasteiger partial charge in [0, 0.05) is 23.6 Å². The lowest BCUT2D eigenvalue weighted by atomic mass is 10.2. The second-order valence-electron chi connectivity index (χ2n) is 6.48. The molecule has 0 aliphatic carbocycles. The molecule has 1 fully saturated rings. The third-order valence-corrected chi connectivity index (χ3v) is 8.27. The van der Waals surface area contributed by atoms with E-state index in [1.165, 1.54) is 36.0 Å². The van der Waals surface area contributed by atoms with Gasteiger partial charge in [-0.05, 0) is 35.9 Å². The minimum Gasteiger partial charge on any atom is -0.274 e. The van der Waals surface area contributed by atoms with Gasteiger partial charge in [-0.3, -0.25) is 19.2 Å². The van der Waals surface area contributed by atoms with Gasteiger partial charge in [-0.15, -0.1) is 10.2 Å². The average molecular weight is 495 g/mol. The maximum absolute atomic E-state index is 12.7. The number of halogens is 1. The molecule has 2 amide bonds. The van der Waals surface area contributed by atoms with E-state index in [0.717, 1.165) is 21.8 Å². The number of nitrogens with one attached hydrogen (secondary N) is 1. The number of thioether (sulfide) groups is 1. The van der Waals surface area contributed by atoms with Gasteiger partial charge in [0.15, 0.2) is 4.34 Å². The molecule has 1 saturated heterocycles. The van der Waals surface area contributed by atoms with Gasteiger partial charge < -0.3 is 0 Å². The summed E-state index contributed by atoms with van der Waals surface area (Å²) in [5, 5.41) is 8.68. The lowest BCUT2D eigenvalue weighted by Crippen LogP contribution is -2.28. The SMILES string of the molecule is O=C1CCC(=O)N1c1ccc(S(=O)(=O)Nc2nnc(SCc3ccccc3Cl)s2)cc1. The Hall–Kier alpha value is -2.47. The second kappa shape index (κ2) is 8.95. The smallest absolute Gasteiger partial charge is 0.263 e. The zero-order valence-corrected chi connectivity index (χ0v) is 19.0. The number of aromatic nitrogens is 2. The standard InChI is InChI=1S/C19H15ClN4O4S3/c20-15-4-2-1-3-12(15)11-29-19-22-21-18(30-19)23-31(27,28)14-7-5-13(6-8-14)24-16(25)9-10-17(24)26/h1-8H,9-11H2,(H,21,23). The van der Waals surface area contributed by atoms with Gasteiger partial charge in [0.05, 0.1) is 10.6 Å². The predicted octanol–water partition coefficient (Wildman–Crippen LogP) is 3.94. The Bertz CT molecular complexity index is 1230. The summed E-state index contributed by atoms with van der Waals surface area (Å²) < 4.78 is 28.3. The first-order chi connectivity index (χ1) is 14.8. The Morgan fingerprint density at radius 1 is 1.03 bits per heavy atom. The summed E-state index contributed by atoms with van der Waals surface area (Å²) in [6, 6.07) is 13.0. The molecule has 1 aliphatic heterocycles. The number of nitrogens with zero attached hydrogens (tertiary/aromatic N) is 3. The third kappa shape index (κ3) is 4.90. The number of anilines is 2. The van der Waals surface area contributed by atoms with Gasteiger partial charge >= 0.3 is 0 Å². The first-order valence-corrected chi connectivity index (χ1v) is 12.7. The molecule has 2 aromatic carbocycles. The number of hydrogen-bond donors (Lipinski definition) is 1. The van der Waals surface area contributed by atoms with Crippen molar-refractivity contribution in [3.05, 3.63) is 59.1 Å². The molecule has 0 atom stereocenters. The summed E-state index contributed by atoms with van der Waals surface area (Å²) >= 11 is 8.66. The summed E-state index contributed by atoms with van der Waals surface area (Å²) in [5.74, 6) is -0.0139. The number of sulfonamides is 1. The van der Waals surface area contributed by atoms with Crippen LogP contribution in [0, 0.1) is 0 Å². The van der Waals surface area contributed by atoms with Crippen molar-refractivity contribution in [2.24, 2.45) is 0 Å². The highest BCUT2D eigenvalue weighted by molar-refractivity contribution is 8.00. The van der Waals surface area contributed by atoms with E-state index in [0.29, 0.717) is 20.8 Å². The van der Waals surface area contributed by atoms with Gasteiger partial charge in [0.1, 0.15) is 0 Å². The molecular weight excluding hydrogens is 480 g/mol. The summed E-state index contributed by atoms with van der Waals surface area (Å²) in [7, 11) is -3.90. The number of carbonyl (C=O) groups is 2. The molecule has 0 saturated carbocycles. The zero-order chi connectivity index (χ0) is 22.0. The molecular formula is C19H15ClN4O4S3. The van der Waals surface area contributed by atoms with Crippen LogP contribution in [0.5, 0.6) is 0 Å². The molecule has 0 unspecified atom stereocenters. The molecule has 1 aromatic heterocycles. The topological polar surface area (TPSA) is 109 Å². The van der Waals surface area contributed by atoms with Crippen LogP contribution < -0.4 is 9.62 Å². The normalized spacial score (nSPS) is 14.3. The van der Waals surface area contributed by atoms with Crippen LogP contribution in [0.15, 0.2) is 57.8 Å². The van der Waals surface area contributed by atoms with Crippen LogP contribution in [0.2, 0.25) is 5.02 Å². The van der Waals surface area contributed by atoms with Gasteiger partial charge in [-0.25, -0.2) is 8.42 Å². The molecule has 12 heteroatoms. The quantitative estimate of drug-likeness (QED) is 0.391. The van der Waals surface area contributed by atoms with E-state index in [4.69, 9.17) is 11.6 Å². The summed E-state index contributed by atoms with van der Waals surface area (Å²) in [6.45, 7) is 0. The fraction of sp³-hybridized carbons (Fsp3) is 0.158. The van der Waals surface area contributed by atoms with Crippen molar-refractivity contribution >= 4 is 67.4 Å². The molecule has 4 rings (SSSR count). The Balaban J connectivity index is 1.42. The third-order valence-electron chi connectivity index (χ3n) is 4.39. The van der Waals surface area contributed by atoms with Crippen molar-refractivity contribution in [1.29, 1.82) is 0 Å². The zero-order valence-electron chi connectivity index (χ0n) is 15.8. The fourth-order valence-electron chi connectivity index (χ4n) is 2.88. The first-order valence-electron chi connectivity index (χ1n) is 9.02. The molecule has 1 N–H and O–H groups in total. The average Bonchev–Trinajstić information content (AvgIpc) is 3.32. The van der Waals surface area contributed by atoms with E-state index in [2.05, 4.69) is 14.9 Å². The lowest BCUT2D eigenvalue weighted by molar-refractivity contribution is -0.121. The van der Waals surface area contributed by atoms with Crippen LogP contribution in [-0.2, 0) is 25.4 Å². The van der Waals surface area contributed by atoms with E-state index in [1.54, 1.807) is 6.07 Å². The number of amides is 2. The van der Waals surface area contributed by atoms with Crippen LogP contribution >= 0.6 is 34.7 Å². The van der Waals surface area contributed by atoms with Gasteiger partial charge in [-0.2, -0.15) is 0 Å². The van der Waals surface area contributed by atoms with Crippen molar-refractivity contribution in [2.75, 3.05) is 9.62 Å². The Kier molecular flexibility index (Phi) is 6.28. The maximum Gasteiger partial charge on any atom is 0.263 e. The van der Waals surface area contributed by atoms with Crippen molar-refractivity contribution < 1.29 is 18.0 Å². The van der Waals surface area contributed by atoms with E-state index in [-0.39, 0.29) is 34.7 Å². The van der Waals surface area contributed by atoms with Crippen molar-refractivity contribution in [3.63, 3.8) is 0 Å². The highest BCUT2D eigenvalue weighted by Gasteiger charge is 2.30. The second-order valence-corrected chi connectivity index (χ2v) is 10.8. The Labute approximate surface area is 191 Å². The summed E-state index contributed by atoms with van der Waals surface area (Å²) in [5.41, 5.74) is 1.29. The molecule has 1 aliphatic rings. The molecule has 160 valence electrons. The maximum atomic E-state index is 12.7. The fourth-order valence-corrected chi connectivity index (χ4v) is 6.14. The monoisotopic (exact) mass is 494 g/mol. The van der Waals surface area contributed by atoms with Crippen molar-refractivity contribution in [2.45, 2.75) is 27.8 Å². The van der Waals surface area contributed by atoms with E-state index < -0.39 is 10.0 Å². The van der Waals surface area contributed by atoms with Crippen LogP contribution in [0.1, 0.15) is 18.4 Å².